The molecule has 150 valence electrons. The smallest absolute Gasteiger partial charge is 0.416 e. The predicted molar refractivity (Wildman–Crippen MR) is 90.8 cm³/mol. The third-order valence-electron chi connectivity index (χ3n) is 4.46. The molecule has 1 saturated heterocycles. The summed E-state index contributed by atoms with van der Waals surface area (Å²) in [5.41, 5.74) is -0.493. The number of carbonyl (C=O) groups excluding carboxylic acids is 1. The van der Waals surface area contributed by atoms with Crippen LogP contribution in [0.3, 0.4) is 0 Å². The number of hydrogen-bond donors (Lipinski definition) is 1. The number of ether oxygens (including phenoxy) is 1. The number of benzene rings is 1. The molecule has 1 fully saturated rings. The fourth-order valence-electron chi connectivity index (χ4n) is 2.95. The number of carboxylic acid groups (broad SMARTS) is 1. The molecular formula is C18H18F3N3O4. The highest BCUT2D eigenvalue weighted by Gasteiger charge is 2.30. The number of aromatic carboxylic acids is 1. The lowest BCUT2D eigenvalue weighted by Crippen LogP contribution is -2.43. The van der Waals surface area contributed by atoms with Gasteiger partial charge in [0.15, 0.2) is 5.69 Å². The van der Waals surface area contributed by atoms with Crippen molar-refractivity contribution in [3.63, 3.8) is 0 Å². The standard InChI is InChI=1S/C18H18F3N3O4/c19-18(20,21)13-3-1-2-12(10-13)11-28-14-4-7-23(8-5-14)17(27)24-9-6-15(22-24)16(25)26/h1-3,6,9-10,14H,4-5,7-8,11H2,(H,25,26). The van der Waals surface area contributed by atoms with E-state index in [2.05, 4.69) is 5.10 Å². The molecule has 1 aliphatic heterocycles. The van der Waals surface area contributed by atoms with Gasteiger partial charge in [-0.15, -0.1) is 0 Å². The minimum atomic E-state index is -4.39. The van der Waals surface area contributed by atoms with Crippen LogP contribution in [0, 0.1) is 0 Å². The average molecular weight is 397 g/mol. The zero-order valence-corrected chi connectivity index (χ0v) is 14.7. The molecule has 2 aromatic rings. The van der Waals surface area contributed by atoms with Gasteiger partial charge in [-0.2, -0.15) is 23.0 Å². The fraction of sp³-hybridized carbons (Fsp3) is 0.389. The number of alkyl halides is 3. The quantitative estimate of drug-likeness (QED) is 0.856. The predicted octanol–water partition coefficient (Wildman–Crippen LogP) is 3.25. The Morgan fingerprint density at radius 3 is 2.54 bits per heavy atom. The van der Waals surface area contributed by atoms with Crippen LogP contribution in [0.5, 0.6) is 0 Å². The Balaban J connectivity index is 1.50. The second-order valence-electron chi connectivity index (χ2n) is 6.43. The van der Waals surface area contributed by atoms with Gasteiger partial charge in [0.05, 0.1) is 18.3 Å². The van der Waals surface area contributed by atoms with Gasteiger partial charge in [0.1, 0.15) is 0 Å². The van der Waals surface area contributed by atoms with Crippen LogP contribution in [-0.4, -0.2) is 51.0 Å². The molecule has 10 heteroatoms. The van der Waals surface area contributed by atoms with Crippen LogP contribution < -0.4 is 0 Å². The molecule has 3 rings (SSSR count). The summed E-state index contributed by atoms with van der Waals surface area (Å²) in [7, 11) is 0. The molecule has 1 amide bonds. The minimum absolute atomic E-state index is 0.0592. The van der Waals surface area contributed by atoms with Crippen LogP contribution in [0.25, 0.3) is 0 Å². The van der Waals surface area contributed by atoms with E-state index < -0.39 is 23.7 Å². The molecule has 0 saturated carbocycles. The SMILES string of the molecule is O=C(O)c1ccn(C(=O)N2CCC(OCc3cccc(C(F)(F)F)c3)CC2)n1. The summed E-state index contributed by atoms with van der Waals surface area (Å²) in [5.74, 6) is -1.21. The molecule has 0 unspecified atom stereocenters. The topological polar surface area (TPSA) is 84.7 Å². The average Bonchev–Trinajstić information content (AvgIpc) is 3.16. The lowest BCUT2D eigenvalue weighted by atomic mass is 10.1. The Labute approximate surface area is 158 Å². The lowest BCUT2D eigenvalue weighted by Gasteiger charge is -2.31. The molecule has 7 nitrogen and oxygen atoms in total. The van der Waals surface area contributed by atoms with Crippen molar-refractivity contribution in [2.45, 2.75) is 31.7 Å². The number of nitrogens with zero attached hydrogens (tertiary/aromatic N) is 3. The van der Waals surface area contributed by atoms with E-state index >= 15 is 0 Å². The summed E-state index contributed by atoms with van der Waals surface area (Å²) in [6.07, 6.45) is -2.22. The Morgan fingerprint density at radius 1 is 1.21 bits per heavy atom. The molecule has 0 atom stereocenters. The Morgan fingerprint density at radius 2 is 1.93 bits per heavy atom. The van der Waals surface area contributed by atoms with Gasteiger partial charge in [0.2, 0.25) is 0 Å². The first-order chi connectivity index (χ1) is 13.2. The highest BCUT2D eigenvalue weighted by Crippen LogP contribution is 2.29. The summed E-state index contributed by atoms with van der Waals surface area (Å²) in [6, 6.07) is 5.81. The summed E-state index contributed by atoms with van der Waals surface area (Å²) in [4.78, 5) is 24.7. The van der Waals surface area contributed by atoms with E-state index in [-0.39, 0.29) is 18.4 Å². The summed E-state index contributed by atoms with van der Waals surface area (Å²) >= 11 is 0. The number of halogens is 3. The molecule has 0 aliphatic carbocycles. The first-order valence-corrected chi connectivity index (χ1v) is 8.60. The summed E-state index contributed by atoms with van der Waals surface area (Å²) < 4.78 is 44.9. The number of piperidine rings is 1. The van der Waals surface area contributed by atoms with Gasteiger partial charge < -0.3 is 14.7 Å². The minimum Gasteiger partial charge on any atom is -0.476 e. The maximum Gasteiger partial charge on any atom is 0.416 e. The number of likely N-dealkylation sites (tertiary alicyclic amines) is 1. The highest BCUT2D eigenvalue weighted by molar-refractivity contribution is 5.86. The van der Waals surface area contributed by atoms with Crippen molar-refractivity contribution in [3.8, 4) is 0 Å². The molecule has 0 radical (unpaired) electrons. The molecule has 1 aliphatic rings. The number of aromatic nitrogens is 2. The third kappa shape index (κ3) is 4.69. The Hall–Kier alpha value is -2.88. The van der Waals surface area contributed by atoms with Crippen LogP contribution >= 0.6 is 0 Å². The number of hydrogen-bond acceptors (Lipinski definition) is 4. The molecule has 1 N–H and O–H groups in total. The first kappa shape index (κ1) is 19.9. The van der Waals surface area contributed by atoms with Crippen LogP contribution in [0.2, 0.25) is 0 Å². The summed E-state index contributed by atoms with van der Waals surface area (Å²) in [5, 5.41) is 12.6. The van der Waals surface area contributed by atoms with Crippen molar-refractivity contribution in [1.29, 1.82) is 0 Å². The van der Waals surface area contributed by atoms with Gasteiger partial charge in [-0.25, -0.2) is 9.59 Å². The van der Waals surface area contributed by atoms with E-state index in [9.17, 15) is 22.8 Å². The van der Waals surface area contributed by atoms with Crippen molar-refractivity contribution in [2.24, 2.45) is 0 Å². The van der Waals surface area contributed by atoms with E-state index in [0.717, 1.165) is 16.8 Å². The maximum absolute atomic E-state index is 12.7. The second-order valence-corrected chi connectivity index (χ2v) is 6.43. The van der Waals surface area contributed by atoms with E-state index in [1.807, 2.05) is 0 Å². The van der Waals surface area contributed by atoms with Crippen LogP contribution in [0.1, 0.15) is 34.5 Å². The second kappa shape index (κ2) is 8.01. The van der Waals surface area contributed by atoms with Crippen LogP contribution in [0.15, 0.2) is 36.5 Å². The van der Waals surface area contributed by atoms with Gasteiger partial charge >= 0.3 is 18.2 Å². The summed E-state index contributed by atoms with van der Waals surface area (Å²) in [6.45, 7) is 0.826. The van der Waals surface area contributed by atoms with Crippen molar-refractivity contribution in [2.75, 3.05) is 13.1 Å². The van der Waals surface area contributed by atoms with E-state index in [1.54, 1.807) is 6.07 Å². The molecule has 2 heterocycles. The fourth-order valence-corrected chi connectivity index (χ4v) is 2.95. The third-order valence-corrected chi connectivity index (χ3v) is 4.46. The van der Waals surface area contributed by atoms with Crippen LogP contribution in [0.4, 0.5) is 18.0 Å². The Bertz CT molecular complexity index is 858. The van der Waals surface area contributed by atoms with Crippen molar-refractivity contribution in [3.05, 3.63) is 53.3 Å². The molecule has 1 aromatic heterocycles. The number of carboxylic acids is 1. The van der Waals surface area contributed by atoms with E-state index in [4.69, 9.17) is 9.84 Å². The lowest BCUT2D eigenvalue weighted by molar-refractivity contribution is -0.137. The van der Waals surface area contributed by atoms with Gasteiger partial charge in [-0.05, 0) is 36.6 Å². The maximum atomic E-state index is 12.7. The monoisotopic (exact) mass is 397 g/mol. The van der Waals surface area contributed by atoms with Gasteiger partial charge in [-0.1, -0.05) is 12.1 Å². The van der Waals surface area contributed by atoms with Crippen LogP contribution in [-0.2, 0) is 17.5 Å². The molecule has 0 spiro atoms. The molecule has 0 bridgehead atoms. The number of carbonyl (C=O) groups is 2. The molecule has 1 aromatic carbocycles. The van der Waals surface area contributed by atoms with Crippen molar-refractivity contribution >= 4 is 12.0 Å². The Kier molecular flexibility index (Phi) is 5.68. The van der Waals surface area contributed by atoms with E-state index in [1.165, 1.54) is 23.2 Å². The van der Waals surface area contributed by atoms with Gasteiger partial charge in [-0.3, -0.25) is 0 Å². The van der Waals surface area contributed by atoms with Crippen molar-refractivity contribution < 1.29 is 32.6 Å². The zero-order chi connectivity index (χ0) is 20.3. The number of amides is 1. The highest BCUT2D eigenvalue weighted by atomic mass is 19.4. The molecule has 28 heavy (non-hydrogen) atoms. The van der Waals surface area contributed by atoms with E-state index in [0.29, 0.717) is 31.5 Å². The first-order valence-electron chi connectivity index (χ1n) is 8.60. The normalized spacial score (nSPS) is 15.6. The van der Waals surface area contributed by atoms with Crippen molar-refractivity contribution in [1.82, 2.24) is 14.7 Å². The van der Waals surface area contributed by atoms with Gasteiger partial charge in [0, 0.05) is 19.3 Å². The number of rotatable bonds is 4. The van der Waals surface area contributed by atoms with Gasteiger partial charge in [0.25, 0.3) is 0 Å². The zero-order valence-electron chi connectivity index (χ0n) is 14.7. The largest absolute Gasteiger partial charge is 0.476 e. The molecular weight excluding hydrogens is 379 g/mol.